The minimum atomic E-state index is -0.757. The molecule has 0 atom stereocenters. The molecular weight excluding hydrogens is 483 g/mol. The Morgan fingerprint density at radius 2 is 1.79 bits per heavy atom. The van der Waals surface area contributed by atoms with Crippen LogP contribution in [0.2, 0.25) is 10.0 Å². The summed E-state index contributed by atoms with van der Waals surface area (Å²) >= 11 is 12.2. The van der Waals surface area contributed by atoms with Gasteiger partial charge in [0.1, 0.15) is 5.82 Å². The van der Waals surface area contributed by atoms with Crippen molar-refractivity contribution < 1.29 is 14.3 Å². The fourth-order valence-electron chi connectivity index (χ4n) is 3.37. The number of H-pyrrole nitrogens is 1. The van der Waals surface area contributed by atoms with Crippen molar-refractivity contribution in [1.29, 1.82) is 0 Å². The smallest absolute Gasteiger partial charge is 0.334 e. The van der Waals surface area contributed by atoms with Gasteiger partial charge < -0.3 is 19.8 Å². The number of pyridine rings is 1. The zero-order chi connectivity index (χ0) is 24.4. The van der Waals surface area contributed by atoms with Gasteiger partial charge >= 0.3 is 5.69 Å². The molecule has 1 amide bonds. The molecule has 2 aromatic heterocycles. The summed E-state index contributed by atoms with van der Waals surface area (Å²) in [6.07, 6.45) is 0. The maximum Gasteiger partial charge on any atom is 0.334 e. The maximum absolute atomic E-state index is 13.2. The monoisotopic (exact) mass is 500 g/mol. The summed E-state index contributed by atoms with van der Waals surface area (Å²) in [5.41, 5.74) is -0.300. The largest absolute Gasteiger partial charge is 0.491 e. The first kappa shape index (κ1) is 23.3. The van der Waals surface area contributed by atoms with E-state index in [0.717, 1.165) is 10.1 Å². The van der Waals surface area contributed by atoms with Gasteiger partial charge in [0.25, 0.3) is 17.3 Å². The van der Waals surface area contributed by atoms with Crippen LogP contribution in [-0.2, 0) is 6.54 Å². The summed E-state index contributed by atoms with van der Waals surface area (Å²) in [7, 11) is 2.83. The molecule has 0 aliphatic rings. The first-order valence-corrected chi connectivity index (χ1v) is 10.7. The lowest BCUT2D eigenvalue weighted by atomic mass is 10.1. The maximum atomic E-state index is 13.2. The van der Waals surface area contributed by atoms with Crippen LogP contribution in [0.5, 0.6) is 11.6 Å². The average Bonchev–Trinajstić information content (AvgIpc) is 2.82. The Balaban J connectivity index is 1.72. The van der Waals surface area contributed by atoms with E-state index in [1.165, 1.54) is 38.5 Å². The van der Waals surface area contributed by atoms with Gasteiger partial charge in [-0.15, -0.1) is 0 Å². The number of amides is 1. The van der Waals surface area contributed by atoms with Crippen LogP contribution < -0.4 is 26.0 Å². The van der Waals surface area contributed by atoms with Crippen molar-refractivity contribution in [2.75, 3.05) is 14.2 Å². The second kappa shape index (κ2) is 9.58. The SMILES string of the molecule is COc1ccc(-n2c(=O)[nH]c3cc(C(=O)NCc4ccc(Cl)cc4)cc(Cl)c3c2=O)nc1OC. The van der Waals surface area contributed by atoms with E-state index in [4.69, 9.17) is 32.7 Å². The van der Waals surface area contributed by atoms with Gasteiger partial charge in [0.2, 0.25) is 0 Å². The summed E-state index contributed by atoms with van der Waals surface area (Å²) in [4.78, 5) is 45.4. The third-order valence-corrected chi connectivity index (χ3v) is 5.58. The quantitative estimate of drug-likeness (QED) is 0.419. The summed E-state index contributed by atoms with van der Waals surface area (Å²) < 4.78 is 11.1. The Bertz CT molecular complexity index is 1510. The van der Waals surface area contributed by atoms with Gasteiger partial charge in [0.05, 0.1) is 30.1 Å². The molecule has 0 aliphatic heterocycles. The zero-order valence-electron chi connectivity index (χ0n) is 18.0. The Morgan fingerprint density at radius 1 is 1.06 bits per heavy atom. The van der Waals surface area contributed by atoms with E-state index in [1.54, 1.807) is 24.3 Å². The van der Waals surface area contributed by atoms with Crippen LogP contribution in [0.25, 0.3) is 16.7 Å². The summed E-state index contributed by atoms with van der Waals surface area (Å²) in [6, 6.07) is 12.7. The van der Waals surface area contributed by atoms with E-state index in [0.29, 0.717) is 10.8 Å². The second-order valence-corrected chi connectivity index (χ2v) is 7.99. The second-order valence-electron chi connectivity index (χ2n) is 7.14. The van der Waals surface area contributed by atoms with Crippen LogP contribution in [0.1, 0.15) is 15.9 Å². The Kier molecular flexibility index (Phi) is 6.58. The lowest BCUT2D eigenvalue weighted by Crippen LogP contribution is -2.34. The number of carbonyl (C=O) groups is 1. The molecule has 34 heavy (non-hydrogen) atoms. The Labute approximate surface area is 202 Å². The molecule has 0 unspecified atom stereocenters. The minimum absolute atomic E-state index is 0.00428. The highest BCUT2D eigenvalue weighted by Crippen LogP contribution is 2.25. The third-order valence-electron chi connectivity index (χ3n) is 5.03. The van der Waals surface area contributed by atoms with E-state index >= 15 is 0 Å². The van der Waals surface area contributed by atoms with Crippen LogP contribution in [0.4, 0.5) is 0 Å². The van der Waals surface area contributed by atoms with Crippen molar-refractivity contribution >= 4 is 40.0 Å². The highest BCUT2D eigenvalue weighted by Gasteiger charge is 2.18. The molecule has 0 saturated carbocycles. The van der Waals surface area contributed by atoms with Crippen molar-refractivity contribution in [2.24, 2.45) is 0 Å². The number of hydrogen-bond donors (Lipinski definition) is 2. The van der Waals surface area contributed by atoms with E-state index in [1.807, 2.05) is 0 Å². The van der Waals surface area contributed by atoms with Crippen LogP contribution in [0.3, 0.4) is 0 Å². The molecule has 9 nitrogen and oxygen atoms in total. The number of ether oxygens (including phenoxy) is 2. The summed E-state index contributed by atoms with van der Waals surface area (Å²) in [5, 5.41) is 3.40. The highest BCUT2D eigenvalue weighted by atomic mass is 35.5. The molecule has 0 bridgehead atoms. The van der Waals surface area contributed by atoms with Gasteiger partial charge in [-0.25, -0.2) is 9.36 Å². The Morgan fingerprint density at radius 3 is 2.47 bits per heavy atom. The molecule has 4 rings (SSSR count). The van der Waals surface area contributed by atoms with Gasteiger partial charge in [-0.1, -0.05) is 35.3 Å². The topological polar surface area (TPSA) is 115 Å². The molecule has 0 radical (unpaired) electrons. The number of fused-ring (bicyclic) bond motifs is 1. The van der Waals surface area contributed by atoms with E-state index in [2.05, 4.69) is 15.3 Å². The molecule has 11 heteroatoms. The van der Waals surface area contributed by atoms with Crippen LogP contribution in [0, 0.1) is 0 Å². The molecule has 2 aromatic carbocycles. The number of carbonyl (C=O) groups excluding carboxylic acids is 1. The number of methoxy groups -OCH3 is 2. The van der Waals surface area contributed by atoms with E-state index in [9.17, 15) is 14.4 Å². The van der Waals surface area contributed by atoms with Gasteiger partial charge in [-0.05, 0) is 42.0 Å². The number of halogens is 2. The lowest BCUT2D eigenvalue weighted by Gasteiger charge is -2.11. The third kappa shape index (κ3) is 4.48. The van der Waals surface area contributed by atoms with Crippen molar-refractivity contribution in [3.63, 3.8) is 0 Å². The Hall–Kier alpha value is -3.82. The van der Waals surface area contributed by atoms with Crippen LogP contribution in [0.15, 0.2) is 58.1 Å². The molecular formula is C23H18Cl2N4O5. The van der Waals surface area contributed by atoms with Crippen molar-refractivity contribution in [2.45, 2.75) is 6.54 Å². The predicted octanol–water partition coefficient (Wildman–Crippen LogP) is 3.33. The summed E-state index contributed by atoms with van der Waals surface area (Å²) in [6.45, 7) is 0.259. The first-order chi connectivity index (χ1) is 16.3. The van der Waals surface area contributed by atoms with Crippen molar-refractivity contribution in [3.8, 4) is 17.4 Å². The van der Waals surface area contributed by atoms with Gasteiger partial charge in [-0.2, -0.15) is 4.98 Å². The number of nitrogens with zero attached hydrogens (tertiary/aromatic N) is 2. The molecule has 2 heterocycles. The van der Waals surface area contributed by atoms with E-state index in [-0.39, 0.29) is 39.7 Å². The first-order valence-electron chi connectivity index (χ1n) is 9.93. The van der Waals surface area contributed by atoms with E-state index < -0.39 is 17.2 Å². The van der Waals surface area contributed by atoms with Crippen LogP contribution in [-0.4, -0.2) is 34.7 Å². The molecule has 2 N–H and O–H groups in total. The number of aromatic amines is 1. The number of nitrogens with one attached hydrogen (secondary N) is 2. The van der Waals surface area contributed by atoms with Crippen LogP contribution >= 0.6 is 23.2 Å². The number of rotatable bonds is 6. The minimum Gasteiger partial charge on any atom is -0.491 e. The zero-order valence-corrected chi connectivity index (χ0v) is 19.5. The average molecular weight is 501 g/mol. The van der Waals surface area contributed by atoms with Crippen molar-refractivity contribution in [1.82, 2.24) is 19.9 Å². The molecule has 0 saturated heterocycles. The standard InChI is InChI=1S/C23H18Cl2N4O5/c1-33-17-7-8-18(28-21(17)34-2)29-22(31)19-15(25)9-13(10-16(19)27-23(29)32)20(30)26-11-12-3-5-14(24)6-4-12/h3-10H,11H2,1-2H3,(H,26,30)(H,27,32). The molecule has 0 spiro atoms. The van der Waals surface area contributed by atoms with Gasteiger partial charge in [0, 0.05) is 17.1 Å². The highest BCUT2D eigenvalue weighted by molar-refractivity contribution is 6.35. The summed E-state index contributed by atoms with van der Waals surface area (Å²) in [5.74, 6) is 0.0333. The normalized spacial score (nSPS) is 10.8. The van der Waals surface area contributed by atoms with Gasteiger partial charge in [-0.3, -0.25) is 9.59 Å². The van der Waals surface area contributed by atoms with Crippen molar-refractivity contribution in [3.05, 3.63) is 90.5 Å². The fourth-order valence-corrected chi connectivity index (χ4v) is 3.79. The molecule has 4 aromatic rings. The number of aromatic nitrogens is 3. The number of benzene rings is 2. The lowest BCUT2D eigenvalue weighted by molar-refractivity contribution is 0.0951. The number of hydrogen-bond acceptors (Lipinski definition) is 6. The fraction of sp³-hybridized carbons (Fsp3) is 0.130. The van der Waals surface area contributed by atoms with Gasteiger partial charge in [0.15, 0.2) is 5.75 Å². The molecule has 0 fully saturated rings. The predicted molar refractivity (Wildman–Crippen MR) is 129 cm³/mol. The molecule has 174 valence electrons. The molecule has 0 aliphatic carbocycles.